The third-order valence-corrected chi connectivity index (χ3v) is 5.50. The predicted octanol–water partition coefficient (Wildman–Crippen LogP) is 0.691. The maximum Gasteiger partial charge on any atom is 0.305 e. The second kappa shape index (κ2) is 8.41. The lowest BCUT2D eigenvalue weighted by molar-refractivity contribution is -0.137. The molecule has 1 fully saturated rings. The number of hydrogen-bond donors (Lipinski definition) is 2. The van der Waals surface area contributed by atoms with Crippen molar-refractivity contribution in [3.63, 3.8) is 0 Å². The van der Waals surface area contributed by atoms with E-state index in [1.807, 2.05) is 0 Å². The van der Waals surface area contributed by atoms with Gasteiger partial charge in [-0.2, -0.15) is 0 Å². The summed E-state index contributed by atoms with van der Waals surface area (Å²) in [5.74, 6) is -1.30. The molecule has 1 aromatic rings. The average Bonchev–Trinajstić information content (AvgIpc) is 3.01. The van der Waals surface area contributed by atoms with Crippen molar-refractivity contribution in [1.82, 2.24) is 9.62 Å². The minimum atomic E-state index is -3.74. The molecular weight excluding hydrogens is 348 g/mol. The molecule has 0 bridgehead atoms. The van der Waals surface area contributed by atoms with Crippen LogP contribution in [0.4, 0.5) is 0 Å². The van der Waals surface area contributed by atoms with Gasteiger partial charge in [0.05, 0.1) is 17.9 Å². The number of methoxy groups -OCH3 is 1. The summed E-state index contributed by atoms with van der Waals surface area (Å²) in [5.41, 5.74) is 0.229. The predicted molar refractivity (Wildman–Crippen MR) is 89.8 cm³/mol. The molecule has 1 heterocycles. The van der Waals surface area contributed by atoms with Gasteiger partial charge in [0.25, 0.3) is 5.91 Å². The van der Waals surface area contributed by atoms with E-state index in [0.717, 1.165) is 6.42 Å². The van der Waals surface area contributed by atoms with Gasteiger partial charge >= 0.3 is 5.97 Å². The van der Waals surface area contributed by atoms with Gasteiger partial charge in [-0.15, -0.1) is 0 Å². The van der Waals surface area contributed by atoms with Crippen molar-refractivity contribution in [2.24, 2.45) is 0 Å². The molecule has 25 heavy (non-hydrogen) atoms. The van der Waals surface area contributed by atoms with E-state index in [4.69, 9.17) is 9.84 Å². The van der Waals surface area contributed by atoms with Crippen LogP contribution in [0.25, 0.3) is 0 Å². The van der Waals surface area contributed by atoms with Crippen molar-refractivity contribution in [3.8, 4) is 0 Å². The van der Waals surface area contributed by atoms with E-state index in [0.29, 0.717) is 13.0 Å². The van der Waals surface area contributed by atoms with Crippen molar-refractivity contribution in [2.75, 3.05) is 26.8 Å². The third-order valence-electron chi connectivity index (χ3n) is 4.04. The number of likely N-dealkylation sites (tertiary alicyclic amines) is 1. The zero-order chi connectivity index (χ0) is 18.4. The van der Waals surface area contributed by atoms with E-state index >= 15 is 0 Å². The molecule has 1 amide bonds. The summed E-state index contributed by atoms with van der Waals surface area (Å²) >= 11 is 0. The highest BCUT2D eigenvalue weighted by atomic mass is 32.2. The Morgan fingerprint density at radius 1 is 1.40 bits per heavy atom. The Labute approximate surface area is 146 Å². The van der Waals surface area contributed by atoms with Gasteiger partial charge < -0.3 is 14.7 Å². The molecule has 1 aliphatic rings. The van der Waals surface area contributed by atoms with E-state index in [-0.39, 0.29) is 42.0 Å². The highest BCUT2D eigenvalue weighted by Gasteiger charge is 2.31. The van der Waals surface area contributed by atoms with Gasteiger partial charge in [-0.1, -0.05) is 6.07 Å². The van der Waals surface area contributed by atoms with Gasteiger partial charge in [-0.3, -0.25) is 9.59 Å². The van der Waals surface area contributed by atoms with E-state index in [2.05, 4.69) is 4.72 Å². The van der Waals surface area contributed by atoms with E-state index in [1.165, 1.54) is 36.3 Å². The highest BCUT2D eigenvalue weighted by molar-refractivity contribution is 7.89. The number of ether oxygens (including phenoxy) is 1. The first-order valence-electron chi connectivity index (χ1n) is 7.96. The highest BCUT2D eigenvalue weighted by Crippen LogP contribution is 2.23. The number of benzene rings is 1. The van der Waals surface area contributed by atoms with Crippen molar-refractivity contribution in [3.05, 3.63) is 29.8 Å². The largest absolute Gasteiger partial charge is 0.481 e. The fourth-order valence-electron chi connectivity index (χ4n) is 2.84. The van der Waals surface area contributed by atoms with Crippen LogP contribution in [0.2, 0.25) is 0 Å². The van der Waals surface area contributed by atoms with Crippen molar-refractivity contribution in [1.29, 1.82) is 0 Å². The number of sulfonamides is 1. The fraction of sp³-hybridized carbons (Fsp3) is 0.500. The minimum absolute atomic E-state index is 0.0107. The Morgan fingerprint density at radius 2 is 2.16 bits per heavy atom. The second-order valence-electron chi connectivity index (χ2n) is 5.81. The number of rotatable bonds is 8. The molecule has 0 radical (unpaired) electrons. The minimum Gasteiger partial charge on any atom is -0.481 e. The van der Waals surface area contributed by atoms with Crippen LogP contribution in [0.5, 0.6) is 0 Å². The fourth-order valence-corrected chi connectivity index (χ4v) is 3.90. The number of nitrogens with one attached hydrogen (secondary N) is 1. The smallest absolute Gasteiger partial charge is 0.305 e. The zero-order valence-corrected chi connectivity index (χ0v) is 14.8. The van der Waals surface area contributed by atoms with Crippen LogP contribution in [-0.4, -0.2) is 63.1 Å². The molecule has 0 saturated carbocycles. The van der Waals surface area contributed by atoms with Crippen molar-refractivity contribution >= 4 is 21.9 Å². The molecule has 1 unspecified atom stereocenters. The number of nitrogens with zero attached hydrogens (tertiary/aromatic N) is 1. The monoisotopic (exact) mass is 370 g/mol. The number of carbonyl (C=O) groups is 2. The third kappa shape index (κ3) is 5.00. The van der Waals surface area contributed by atoms with Gasteiger partial charge in [0.15, 0.2) is 0 Å². The molecule has 9 heteroatoms. The van der Waals surface area contributed by atoms with Crippen LogP contribution in [0, 0.1) is 0 Å². The SMILES string of the molecule is COCCNS(=O)(=O)c1cccc(C(=O)N2CCCC2CC(=O)O)c1. The van der Waals surface area contributed by atoms with Crippen LogP contribution in [0.1, 0.15) is 29.6 Å². The summed E-state index contributed by atoms with van der Waals surface area (Å²) < 4.78 is 31.7. The zero-order valence-electron chi connectivity index (χ0n) is 14.0. The molecule has 1 aromatic carbocycles. The van der Waals surface area contributed by atoms with Crippen molar-refractivity contribution in [2.45, 2.75) is 30.2 Å². The Morgan fingerprint density at radius 3 is 2.84 bits per heavy atom. The molecule has 0 aliphatic carbocycles. The standard InChI is InChI=1S/C16H22N2O6S/c1-24-9-7-17-25(22,23)14-6-2-4-12(10-14)16(21)18-8-3-5-13(18)11-15(19)20/h2,4,6,10,13,17H,3,5,7-9,11H2,1H3,(H,19,20). The average molecular weight is 370 g/mol. The molecular formula is C16H22N2O6S. The van der Waals surface area contributed by atoms with Gasteiger partial charge in [0, 0.05) is 31.8 Å². The lowest BCUT2D eigenvalue weighted by atomic mass is 10.1. The van der Waals surface area contributed by atoms with Crippen LogP contribution in [0.15, 0.2) is 29.2 Å². The lowest BCUT2D eigenvalue weighted by Gasteiger charge is -2.23. The molecule has 1 aliphatic heterocycles. The normalized spacial score (nSPS) is 17.6. The lowest BCUT2D eigenvalue weighted by Crippen LogP contribution is -2.37. The number of aliphatic carboxylic acids is 1. The summed E-state index contributed by atoms with van der Waals surface area (Å²) in [6, 6.07) is 5.40. The Hall–Kier alpha value is -1.97. The summed E-state index contributed by atoms with van der Waals surface area (Å²) in [6.45, 7) is 0.839. The number of amides is 1. The summed E-state index contributed by atoms with van der Waals surface area (Å²) in [5, 5.41) is 8.96. The molecule has 1 atom stereocenters. The van der Waals surface area contributed by atoms with Gasteiger partial charge in [0.2, 0.25) is 10.0 Å². The Balaban J connectivity index is 2.17. The molecule has 2 rings (SSSR count). The molecule has 1 saturated heterocycles. The van der Waals surface area contributed by atoms with E-state index in [1.54, 1.807) is 0 Å². The molecule has 2 N–H and O–H groups in total. The van der Waals surface area contributed by atoms with Crippen LogP contribution in [-0.2, 0) is 19.6 Å². The Kier molecular flexibility index (Phi) is 6.51. The van der Waals surface area contributed by atoms with Crippen LogP contribution >= 0.6 is 0 Å². The second-order valence-corrected chi connectivity index (χ2v) is 7.58. The topological polar surface area (TPSA) is 113 Å². The quantitative estimate of drug-likeness (QED) is 0.651. The van der Waals surface area contributed by atoms with Gasteiger partial charge in [-0.25, -0.2) is 13.1 Å². The number of carbonyl (C=O) groups excluding carboxylic acids is 1. The maximum absolute atomic E-state index is 12.7. The first-order valence-corrected chi connectivity index (χ1v) is 9.45. The summed E-state index contributed by atoms with van der Waals surface area (Å²) in [6.07, 6.45) is 1.26. The molecule has 0 aromatic heterocycles. The first-order chi connectivity index (χ1) is 11.8. The first kappa shape index (κ1) is 19.4. The molecule has 0 spiro atoms. The van der Waals surface area contributed by atoms with E-state index < -0.39 is 16.0 Å². The van der Waals surface area contributed by atoms with E-state index in [9.17, 15) is 18.0 Å². The number of hydrogen-bond acceptors (Lipinski definition) is 5. The van der Waals surface area contributed by atoms with Crippen LogP contribution < -0.4 is 4.72 Å². The summed E-state index contributed by atoms with van der Waals surface area (Å²) in [7, 11) is -2.27. The van der Waals surface area contributed by atoms with Gasteiger partial charge in [0.1, 0.15) is 0 Å². The molecule has 8 nitrogen and oxygen atoms in total. The maximum atomic E-state index is 12.7. The van der Waals surface area contributed by atoms with Gasteiger partial charge in [-0.05, 0) is 31.0 Å². The molecule has 138 valence electrons. The number of carboxylic acids is 1. The number of carboxylic acid groups (broad SMARTS) is 1. The Bertz CT molecular complexity index is 734. The van der Waals surface area contributed by atoms with Crippen molar-refractivity contribution < 1.29 is 27.9 Å². The summed E-state index contributed by atoms with van der Waals surface area (Å²) in [4.78, 5) is 25.1. The van der Waals surface area contributed by atoms with Crippen LogP contribution in [0.3, 0.4) is 0 Å².